The van der Waals surface area contributed by atoms with E-state index >= 15 is 0 Å². The van der Waals surface area contributed by atoms with Gasteiger partial charge in [0.25, 0.3) is 0 Å². The van der Waals surface area contributed by atoms with E-state index in [1.807, 2.05) is 0 Å². The Hall–Kier alpha value is -0.950. The van der Waals surface area contributed by atoms with E-state index in [1.165, 1.54) is 12.5 Å². The summed E-state index contributed by atoms with van der Waals surface area (Å²) < 4.78 is 12.3. The molecule has 0 radical (unpaired) electrons. The zero-order valence-corrected chi connectivity index (χ0v) is 25.1. The molecule has 1 aliphatic heterocycles. The van der Waals surface area contributed by atoms with Gasteiger partial charge in [0.05, 0.1) is 30.0 Å². The van der Waals surface area contributed by atoms with Crippen molar-refractivity contribution in [1.29, 1.82) is 0 Å². The molecule has 4 fully saturated rings. The lowest BCUT2D eigenvalue weighted by atomic mass is 9.41. The van der Waals surface area contributed by atoms with E-state index in [9.17, 15) is 20.1 Å². The highest BCUT2D eigenvalue weighted by molar-refractivity contribution is 5.66. The van der Waals surface area contributed by atoms with Crippen molar-refractivity contribution in [3.63, 3.8) is 0 Å². The summed E-state index contributed by atoms with van der Waals surface area (Å²) in [5, 5.41) is 34.0. The normalized spacial score (nSPS) is 50.6. The predicted molar refractivity (Wildman–Crippen MR) is 146 cm³/mol. The number of esters is 1. The van der Waals surface area contributed by atoms with Gasteiger partial charge in [0, 0.05) is 12.3 Å². The number of ether oxygens (including phenoxy) is 2. The molecule has 0 aromatic heterocycles. The largest absolute Gasteiger partial charge is 0.457 e. The summed E-state index contributed by atoms with van der Waals surface area (Å²) in [5.41, 5.74) is -0.336. The molecule has 0 bridgehead atoms. The van der Waals surface area contributed by atoms with Crippen molar-refractivity contribution in [1.82, 2.24) is 0 Å². The second-order valence-corrected chi connectivity index (χ2v) is 15.5. The molecular formula is C32H52O6. The van der Waals surface area contributed by atoms with E-state index in [0.717, 1.165) is 32.1 Å². The number of aliphatic hydroxyl groups excluding tert-OH is 2. The summed E-state index contributed by atoms with van der Waals surface area (Å²) in [6.45, 7) is 18.5. The fourth-order valence-corrected chi connectivity index (χ4v) is 10.8. The minimum atomic E-state index is -1.26. The Morgan fingerprint density at radius 2 is 1.79 bits per heavy atom. The highest BCUT2D eigenvalue weighted by Crippen LogP contribution is 2.74. The molecule has 1 saturated heterocycles. The Labute approximate surface area is 229 Å². The van der Waals surface area contributed by atoms with E-state index in [0.29, 0.717) is 12.3 Å². The summed E-state index contributed by atoms with van der Waals surface area (Å²) in [7, 11) is 0. The summed E-state index contributed by atoms with van der Waals surface area (Å²) in [6.07, 6.45) is 5.44. The van der Waals surface area contributed by atoms with Gasteiger partial charge < -0.3 is 24.8 Å². The van der Waals surface area contributed by atoms with Crippen molar-refractivity contribution >= 4 is 5.97 Å². The van der Waals surface area contributed by atoms with Crippen LogP contribution in [0.2, 0.25) is 0 Å². The van der Waals surface area contributed by atoms with Crippen LogP contribution >= 0.6 is 0 Å². The molecule has 3 saturated carbocycles. The van der Waals surface area contributed by atoms with E-state index in [-0.39, 0.29) is 51.6 Å². The number of allylic oxidation sites excluding steroid dienone is 2. The number of rotatable bonds is 3. The minimum absolute atomic E-state index is 0.0276. The third kappa shape index (κ3) is 3.68. The lowest BCUT2D eigenvalue weighted by Crippen LogP contribution is -2.59. The lowest BCUT2D eigenvalue weighted by molar-refractivity contribution is -0.216. The van der Waals surface area contributed by atoms with E-state index in [2.05, 4.69) is 47.6 Å². The fraction of sp³-hybridized carbons (Fsp3) is 0.906. The zero-order chi connectivity index (χ0) is 28.2. The molecule has 0 aromatic carbocycles. The number of carbonyl (C=O) groups is 1. The average Bonchev–Trinajstić information content (AvgIpc) is 2.98. The molecule has 3 N–H and O–H groups in total. The van der Waals surface area contributed by atoms with Gasteiger partial charge in [0.15, 0.2) is 6.10 Å². The Bertz CT molecular complexity index is 996. The Morgan fingerprint density at radius 1 is 1.13 bits per heavy atom. The molecule has 0 aromatic rings. The number of hydrogen-bond acceptors (Lipinski definition) is 6. The Kier molecular flexibility index (Phi) is 6.60. The highest BCUT2D eigenvalue weighted by Gasteiger charge is 2.73. The second-order valence-electron chi connectivity index (χ2n) is 15.5. The third-order valence-corrected chi connectivity index (χ3v) is 12.8. The summed E-state index contributed by atoms with van der Waals surface area (Å²) in [6, 6.07) is 0. The SMILES string of the molecule is CC(=O)O[C@@H](C1C[C@@H](C)[C@H]2C(O1)[C@H](O)[C@@]1(C)C3CC[C@H]4C(C)(C)[C@@H](O)CC[C@]4(C)C3=CC[C@]21C)C(C)(C)O. The first-order valence-corrected chi connectivity index (χ1v) is 15.0. The minimum Gasteiger partial charge on any atom is -0.457 e. The summed E-state index contributed by atoms with van der Waals surface area (Å²) in [5.74, 6) is 0.667. The molecule has 6 heteroatoms. The zero-order valence-electron chi connectivity index (χ0n) is 25.1. The molecule has 1 heterocycles. The summed E-state index contributed by atoms with van der Waals surface area (Å²) >= 11 is 0. The van der Waals surface area contributed by atoms with Crippen molar-refractivity contribution in [2.45, 2.75) is 137 Å². The van der Waals surface area contributed by atoms with Crippen LogP contribution in [0.5, 0.6) is 0 Å². The fourth-order valence-electron chi connectivity index (χ4n) is 10.8. The van der Waals surface area contributed by atoms with Gasteiger partial charge >= 0.3 is 5.97 Å². The Morgan fingerprint density at radius 3 is 2.39 bits per heavy atom. The van der Waals surface area contributed by atoms with Gasteiger partial charge in [-0.15, -0.1) is 0 Å². The van der Waals surface area contributed by atoms with E-state index < -0.39 is 29.9 Å². The van der Waals surface area contributed by atoms with E-state index in [4.69, 9.17) is 9.47 Å². The number of fused-ring (bicyclic) bond motifs is 7. The Balaban J connectivity index is 1.51. The topological polar surface area (TPSA) is 96.2 Å². The molecular weight excluding hydrogens is 480 g/mol. The van der Waals surface area contributed by atoms with Crippen molar-refractivity contribution in [2.24, 2.45) is 45.3 Å². The first-order chi connectivity index (χ1) is 17.4. The maximum Gasteiger partial charge on any atom is 0.303 e. The molecule has 12 atom stereocenters. The molecule has 0 amide bonds. The maximum atomic E-state index is 12.2. The van der Waals surface area contributed by atoms with Gasteiger partial charge in [-0.05, 0) is 92.3 Å². The van der Waals surface area contributed by atoms with Gasteiger partial charge in [0.2, 0.25) is 0 Å². The van der Waals surface area contributed by atoms with Gasteiger partial charge in [0.1, 0.15) is 0 Å². The van der Waals surface area contributed by atoms with Crippen molar-refractivity contribution in [2.75, 3.05) is 0 Å². The van der Waals surface area contributed by atoms with Gasteiger partial charge in [-0.3, -0.25) is 4.79 Å². The standard InChI is InChI=1S/C32H52O6/c1-17-16-21(27(29(5,6)36)37-18(2)33)38-25-24(17)31(8)15-12-19-20(32(31,9)26(25)35)10-11-22-28(3,4)23(34)13-14-30(19,22)7/h12,17,20-27,34-36H,10-11,13-16H2,1-9H3/t17-,20?,21?,22+,23+,24+,25?,26+,27+,30-,31-,32-/m1/s1. The first kappa shape index (κ1) is 28.6. The molecule has 5 aliphatic rings. The third-order valence-electron chi connectivity index (χ3n) is 12.8. The van der Waals surface area contributed by atoms with Crippen molar-refractivity contribution in [3.05, 3.63) is 11.6 Å². The number of aliphatic hydroxyl groups is 3. The molecule has 3 unspecified atom stereocenters. The monoisotopic (exact) mass is 532 g/mol. The lowest BCUT2D eigenvalue weighted by Gasteiger charge is -2.64. The number of carbonyl (C=O) groups excluding carboxylic acids is 1. The van der Waals surface area contributed by atoms with Crippen LogP contribution in [0.25, 0.3) is 0 Å². The van der Waals surface area contributed by atoms with Crippen LogP contribution in [0.15, 0.2) is 11.6 Å². The van der Waals surface area contributed by atoms with Crippen LogP contribution in [0.1, 0.15) is 101 Å². The molecule has 6 nitrogen and oxygen atoms in total. The van der Waals surface area contributed by atoms with Crippen LogP contribution in [-0.4, -0.2) is 57.4 Å². The predicted octanol–water partition coefficient (Wildman–Crippen LogP) is 5.03. The highest BCUT2D eigenvalue weighted by atomic mass is 16.6. The smallest absolute Gasteiger partial charge is 0.303 e. The van der Waals surface area contributed by atoms with Gasteiger partial charge in [-0.1, -0.05) is 53.2 Å². The maximum absolute atomic E-state index is 12.2. The second kappa shape index (κ2) is 8.77. The molecule has 4 aliphatic carbocycles. The van der Waals surface area contributed by atoms with Crippen LogP contribution < -0.4 is 0 Å². The molecule has 0 spiro atoms. The molecule has 216 valence electrons. The van der Waals surface area contributed by atoms with Crippen molar-refractivity contribution in [3.8, 4) is 0 Å². The number of hydrogen-bond donors (Lipinski definition) is 3. The quantitative estimate of drug-likeness (QED) is 0.349. The van der Waals surface area contributed by atoms with Crippen molar-refractivity contribution < 1.29 is 29.6 Å². The summed E-state index contributed by atoms with van der Waals surface area (Å²) in [4.78, 5) is 11.9. The van der Waals surface area contributed by atoms with Gasteiger partial charge in [-0.25, -0.2) is 0 Å². The van der Waals surface area contributed by atoms with E-state index in [1.54, 1.807) is 13.8 Å². The van der Waals surface area contributed by atoms with Crippen LogP contribution in [0, 0.1) is 45.3 Å². The molecule has 38 heavy (non-hydrogen) atoms. The average molecular weight is 533 g/mol. The molecule has 5 rings (SSSR count). The van der Waals surface area contributed by atoms with Gasteiger partial charge in [-0.2, -0.15) is 0 Å². The first-order valence-electron chi connectivity index (χ1n) is 15.0. The van der Waals surface area contributed by atoms with Crippen LogP contribution in [0.4, 0.5) is 0 Å². The van der Waals surface area contributed by atoms with Crippen LogP contribution in [-0.2, 0) is 14.3 Å². The van der Waals surface area contributed by atoms with Crippen LogP contribution in [0.3, 0.4) is 0 Å².